The van der Waals surface area contributed by atoms with Crippen LogP contribution in [0.5, 0.6) is 11.5 Å². The maximum atomic E-state index is 13.3. The number of nitrogens with one attached hydrogen (secondary N) is 2. The van der Waals surface area contributed by atoms with E-state index in [1.54, 1.807) is 34.6 Å². The third-order valence-electron chi connectivity index (χ3n) is 7.71. The Morgan fingerprint density at radius 1 is 1.02 bits per heavy atom. The molecule has 0 aliphatic rings. The molecular weight excluding hydrogens is 682 g/mol. The highest BCUT2D eigenvalue weighted by Crippen LogP contribution is 2.36. The number of benzene rings is 3. The zero-order valence-corrected chi connectivity index (χ0v) is 29.3. The summed E-state index contributed by atoms with van der Waals surface area (Å²) >= 11 is 9.39. The molecule has 0 saturated carbocycles. The van der Waals surface area contributed by atoms with Crippen molar-refractivity contribution in [1.82, 2.24) is 29.7 Å². The first-order valence-corrected chi connectivity index (χ1v) is 17.7. The van der Waals surface area contributed by atoms with Gasteiger partial charge in [-0.25, -0.2) is 9.48 Å². The fraction of sp³-hybridized carbons (Fsp3) is 0.200. The number of pyridine rings is 1. The molecule has 14 heteroatoms. The molecule has 6 rings (SSSR count). The van der Waals surface area contributed by atoms with E-state index >= 15 is 0 Å². The van der Waals surface area contributed by atoms with Gasteiger partial charge >= 0.3 is 6.03 Å². The number of ether oxygens (including phenoxy) is 1. The van der Waals surface area contributed by atoms with Gasteiger partial charge in [-0.15, -0.1) is 10.2 Å². The molecule has 6 aromatic rings. The Morgan fingerprint density at radius 3 is 2.67 bits per heavy atom. The maximum Gasteiger partial charge on any atom is 0.320 e. The van der Waals surface area contributed by atoms with Crippen LogP contribution >= 0.6 is 35.1 Å². The first-order valence-electron chi connectivity index (χ1n) is 15.3. The van der Waals surface area contributed by atoms with E-state index in [4.69, 9.17) is 21.4 Å². The molecule has 11 nitrogen and oxygen atoms in total. The number of anilines is 1. The molecule has 0 fully saturated rings. The number of fused-ring (bicyclic) bond motifs is 1. The van der Waals surface area contributed by atoms with Crippen LogP contribution in [0.4, 0.5) is 10.6 Å². The summed E-state index contributed by atoms with van der Waals surface area (Å²) in [5, 5.41) is 39.5. The molecule has 2 amide bonds. The number of aliphatic hydroxyl groups is 1. The Balaban J connectivity index is 1.20. The molecule has 0 radical (unpaired) electrons. The highest BCUT2D eigenvalue weighted by Gasteiger charge is 2.25. The Labute approximate surface area is 296 Å². The summed E-state index contributed by atoms with van der Waals surface area (Å²) in [7, 11) is 0. The van der Waals surface area contributed by atoms with Gasteiger partial charge in [0.2, 0.25) is 0 Å². The number of phenols is 1. The minimum atomic E-state index is -0.390. The number of aromatic nitrogens is 5. The van der Waals surface area contributed by atoms with Gasteiger partial charge in [-0.2, -0.15) is 16.9 Å². The van der Waals surface area contributed by atoms with Gasteiger partial charge < -0.3 is 20.3 Å². The molecule has 4 N–H and O–H groups in total. The van der Waals surface area contributed by atoms with Crippen molar-refractivity contribution in [2.75, 3.05) is 24.8 Å². The van der Waals surface area contributed by atoms with Crippen LogP contribution in [0.25, 0.3) is 22.7 Å². The van der Waals surface area contributed by atoms with Crippen molar-refractivity contribution in [2.24, 2.45) is 0 Å². The summed E-state index contributed by atoms with van der Waals surface area (Å²) in [6.07, 6.45) is 3.93. The SMILES string of the molecule is CSC(C)(C)c1cc(NC(=O)NCc2ccccc2Sc2ccc3nnc(-c4cc(Cl)ccc4O)n3c2)n(-c2cccc(OCCO)c2)n1. The van der Waals surface area contributed by atoms with Crippen molar-refractivity contribution in [1.29, 1.82) is 0 Å². The third-order valence-corrected chi connectivity index (χ3v) is 10.3. The molecular formula is C35H34ClN7O4S2. The molecule has 0 bridgehead atoms. The number of carbonyl (C=O) groups is 1. The van der Waals surface area contributed by atoms with Crippen molar-refractivity contribution in [3.8, 4) is 28.6 Å². The van der Waals surface area contributed by atoms with Gasteiger partial charge in [0.05, 0.1) is 28.3 Å². The Hall–Kier alpha value is -4.69. The average Bonchev–Trinajstić information content (AvgIpc) is 3.73. The normalized spacial score (nSPS) is 11.5. The molecule has 0 atom stereocenters. The Morgan fingerprint density at radius 2 is 1.86 bits per heavy atom. The van der Waals surface area contributed by atoms with Gasteiger partial charge in [0.1, 0.15) is 23.9 Å². The quantitative estimate of drug-likeness (QED) is 0.102. The molecule has 252 valence electrons. The largest absolute Gasteiger partial charge is 0.507 e. The lowest BCUT2D eigenvalue weighted by atomic mass is 10.1. The van der Waals surface area contributed by atoms with Gasteiger partial charge in [-0.3, -0.25) is 9.72 Å². The zero-order valence-electron chi connectivity index (χ0n) is 26.9. The summed E-state index contributed by atoms with van der Waals surface area (Å²) in [6.45, 7) is 4.50. The fourth-order valence-corrected chi connectivity index (χ4v) is 6.40. The van der Waals surface area contributed by atoms with Crippen LogP contribution in [0, 0.1) is 0 Å². The van der Waals surface area contributed by atoms with E-state index in [0.29, 0.717) is 39.3 Å². The van der Waals surface area contributed by atoms with E-state index in [1.807, 2.05) is 77.5 Å². The van der Waals surface area contributed by atoms with Crippen molar-refractivity contribution < 1.29 is 19.7 Å². The molecule has 3 heterocycles. The minimum Gasteiger partial charge on any atom is -0.507 e. The monoisotopic (exact) mass is 715 g/mol. The number of carbonyl (C=O) groups excluding carboxylic acids is 1. The van der Waals surface area contributed by atoms with Gasteiger partial charge in [-0.05, 0) is 74.2 Å². The smallest absolute Gasteiger partial charge is 0.320 e. The number of halogens is 1. The second-order valence-corrected chi connectivity index (χ2v) is 14.4. The number of hydrogen-bond donors (Lipinski definition) is 4. The first-order chi connectivity index (χ1) is 23.6. The van der Waals surface area contributed by atoms with Crippen LogP contribution in [-0.4, -0.2) is 60.1 Å². The molecule has 0 aliphatic carbocycles. The lowest BCUT2D eigenvalue weighted by Gasteiger charge is -2.18. The molecule has 3 aromatic carbocycles. The minimum absolute atomic E-state index is 0.0549. The Kier molecular flexibility index (Phi) is 10.3. The standard InChI is InChI=1S/C35H34ClN7O4S2/c1-35(2,48-3)30-19-32(43(41-30)24-8-6-9-25(18-24)47-16-15-44)38-34(46)37-20-22-7-4-5-10-29(22)49-26-12-14-31-39-40-33(42(31)21-26)27-17-23(36)11-13-28(27)45/h4-14,17-19,21,44-45H,15-16,20H2,1-3H3,(H2,37,38,46). The average molecular weight is 716 g/mol. The van der Waals surface area contributed by atoms with Crippen LogP contribution < -0.4 is 15.4 Å². The van der Waals surface area contributed by atoms with E-state index < -0.39 is 0 Å². The predicted octanol–water partition coefficient (Wildman–Crippen LogP) is 7.38. The first kappa shape index (κ1) is 34.2. The predicted molar refractivity (Wildman–Crippen MR) is 194 cm³/mol. The summed E-state index contributed by atoms with van der Waals surface area (Å²) < 4.78 is 8.80. The number of aliphatic hydroxyl groups excluding tert-OH is 1. The molecule has 0 unspecified atom stereocenters. The third kappa shape index (κ3) is 7.81. The number of thioether (sulfide) groups is 1. The number of rotatable bonds is 12. The van der Waals surface area contributed by atoms with Crippen LogP contribution in [0.3, 0.4) is 0 Å². The lowest BCUT2D eigenvalue weighted by molar-refractivity contribution is 0.201. The number of phenolic OH excluding ortho intramolecular Hbond substituents is 1. The van der Waals surface area contributed by atoms with Crippen LogP contribution in [0.2, 0.25) is 5.02 Å². The number of hydrogen-bond acceptors (Lipinski definition) is 9. The van der Waals surface area contributed by atoms with E-state index in [-0.39, 0.29) is 36.3 Å². The molecule has 0 saturated heterocycles. The molecule has 3 aromatic heterocycles. The van der Waals surface area contributed by atoms with Crippen LogP contribution in [0.15, 0.2) is 101 Å². The molecule has 49 heavy (non-hydrogen) atoms. The molecule has 0 aliphatic heterocycles. The summed E-state index contributed by atoms with van der Waals surface area (Å²) in [6, 6.07) is 25.3. The number of urea groups is 1. The van der Waals surface area contributed by atoms with E-state index in [1.165, 1.54) is 17.8 Å². The summed E-state index contributed by atoms with van der Waals surface area (Å²) in [5.74, 6) is 1.61. The van der Waals surface area contributed by atoms with Crippen molar-refractivity contribution >= 4 is 52.6 Å². The van der Waals surface area contributed by atoms with E-state index in [0.717, 1.165) is 21.0 Å². The van der Waals surface area contributed by atoms with Crippen LogP contribution in [-0.2, 0) is 11.3 Å². The number of amides is 2. The van der Waals surface area contributed by atoms with E-state index in [9.17, 15) is 15.0 Å². The topological polar surface area (TPSA) is 139 Å². The number of nitrogens with zero attached hydrogens (tertiary/aromatic N) is 5. The highest BCUT2D eigenvalue weighted by molar-refractivity contribution is 7.99. The zero-order chi connectivity index (χ0) is 34.5. The second-order valence-electron chi connectivity index (χ2n) is 11.4. The van der Waals surface area contributed by atoms with Gasteiger partial charge in [0, 0.05) is 39.7 Å². The van der Waals surface area contributed by atoms with Gasteiger partial charge in [-0.1, -0.05) is 47.6 Å². The van der Waals surface area contributed by atoms with Crippen molar-refractivity contribution in [2.45, 2.75) is 34.9 Å². The van der Waals surface area contributed by atoms with Crippen molar-refractivity contribution in [3.05, 3.63) is 107 Å². The molecule has 0 spiro atoms. The maximum absolute atomic E-state index is 13.3. The Bertz CT molecular complexity index is 2120. The van der Waals surface area contributed by atoms with E-state index in [2.05, 4.69) is 34.7 Å². The van der Waals surface area contributed by atoms with Crippen LogP contribution in [0.1, 0.15) is 25.1 Å². The highest BCUT2D eigenvalue weighted by atomic mass is 35.5. The number of aromatic hydroxyl groups is 1. The summed E-state index contributed by atoms with van der Waals surface area (Å²) in [5.41, 5.74) is 3.53. The van der Waals surface area contributed by atoms with Gasteiger partial charge in [0.25, 0.3) is 0 Å². The summed E-state index contributed by atoms with van der Waals surface area (Å²) in [4.78, 5) is 15.2. The van der Waals surface area contributed by atoms with Gasteiger partial charge in [0.15, 0.2) is 11.5 Å². The fourth-order valence-electron chi connectivity index (χ4n) is 4.95. The van der Waals surface area contributed by atoms with Crippen molar-refractivity contribution in [3.63, 3.8) is 0 Å². The lowest BCUT2D eigenvalue weighted by Crippen LogP contribution is -2.29. The second kappa shape index (κ2) is 14.8.